The Bertz CT molecular complexity index is 1200. The number of aryl methyl sites for hydroxylation is 1. The van der Waals surface area contributed by atoms with Crippen molar-refractivity contribution in [1.29, 1.82) is 0 Å². The molecule has 0 saturated heterocycles. The molecule has 0 bridgehead atoms. The van der Waals surface area contributed by atoms with Crippen molar-refractivity contribution in [2.75, 3.05) is 12.9 Å². The Kier molecular flexibility index (Phi) is 8.41. The van der Waals surface area contributed by atoms with Crippen molar-refractivity contribution in [3.8, 4) is 5.75 Å². The summed E-state index contributed by atoms with van der Waals surface area (Å²) in [6, 6.07) is 9.14. The number of aromatic nitrogens is 2. The number of hydrogen-bond acceptors (Lipinski definition) is 7. The number of carbonyl (C=O) groups excluding carboxylic acids is 2. The molecule has 1 amide bonds. The summed E-state index contributed by atoms with van der Waals surface area (Å²) in [7, 11) is 1.61. The molecule has 0 atom stereocenters. The third-order valence-corrected chi connectivity index (χ3v) is 7.10. The summed E-state index contributed by atoms with van der Waals surface area (Å²) in [5, 5.41) is 4.64. The Morgan fingerprint density at radius 1 is 1.12 bits per heavy atom. The highest BCUT2D eigenvalue weighted by atomic mass is 32.2. The molecule has 1 aromatic carbocycles. The van der Waals surface area contributed by atoms with Crippen molar-refractivity contribution in [3.63, 3.8) is 0 Å². The number of rotatable bonds is 7. The van der Waals surface area contributed by atoms with E-state index in [9.17, 15) is 9.59 Å². The summed E-state index contributed by atoms with van der Waals surface area (Å²) < 4.78 is 5.31. The molecule has 6 nitrogen and oxygen atoms in total. The number of thioether (sulfide) groups is 1. The van der Waals surface area contributed by atoms with Crippen LogP contribution in [0.25, 0.3) is 10.9 Å². The van der Waals surface area contributed by atoms with E-state index < -0.39 is 0 Å². The van der Waals surface area contributed by atoms with Crippen LogP contribution >= 0.6 is 23.1 Å². The molecule has 0 saturated carbocycles. The molecule has 2 aromatic heterocycles. The van der Waals surface area contributed by atoms with Crippen LogP contribution < -0.4 is 10.1 Å². The molecule has 0 aliphatic heterocycles. The molecule has 172 valence electrons. The molecule has 2 heterocycles. The fourth-order valence-electron chi connectivity index (χ4n) is 3.36. The number of ether oxygens (including phenoxy) is 1. The summed E-state index contributed by atoms with van der Waals surface area (Å²) in [6.07, 6.45) is 9.66. The number of methoxy groups -OCH3 is 1. The lowest BCUT2D eigenvalue weighted by Crippen LogP contribution is -2.33. The van der Waals surface area contributed by atoms with Crippen molar-refractivity contribution in [1.82, 2.24) is 15.3 Å². The van der Waals surface area contributed by atoms with Crippen molar-refractivity contribution in [2.24, 2.45) is 0 Å². The number of allylic oxidation sites excluding steroid dienone is 2. The van der Waals surface area contributed by atoms with Gasteiger partial charge in [0.25, 0.3) is 5.91 Å². The molecule has 33 heavy (non-hydrogen) atoms. The molecule has 8 heteroatoms. The van der Waals surface area contributed by atoms with Gasteiger partial charge in [-0.1, -0.05) is 43.5 Å². The van der Waals surface area contributed by atoms with E-state index in [0.29, 0.717) is 21.3 Å². The maximum atomic E-state index is 12.8. The second kappa shape index (κ2) is 11.2. The van der Waals surface area contributed by atoms with Gasteiger partial charge in [-0.25, -0.2) is 9.97 Å². The van der Waals surface area contributed by atoms with Gasteiger partial charge in [0.1, 0.15) is 16.6 Å². The van der Waals surface area contributed by atoms with Crippen LogP contribution in [0.4, 0.5) is 0 Å². The van der Waals surface area contributed by atoms with Crippen molar-refractivity contribution in [2.45, 2.75) is 38.3 Å². The van der Waals surface area contributed by atoms with Crippen LogP contribution in [0.2, 0.25) is 0 Å². The largest absolute Gasteiger partial charge is 0.497 e. The molecule has 1 N–H and O–H groups in total. The van der Waals surface area contributed by atoms with E-state index in [1.54, 1.807) is 19.2 Å². The number of amides is 1. The first-order valence-corrected chi connectivity index (χ1v) is 12.0. The highest BCUT2D eigenvalue weighted by molar-refractivity contribution is 8.00. The predicted molar refractivity (Wildman–Crippen MR) is 136 cm³/mol. The number of ketones is 1. The second-order valence-electron chi connectivity index (χ2n) is 7.33. The van der Waals surface area contributed by atoms with Gasteiger partial charge < -0.3 is 10.1 Å². The Balaban J connectivity index is 0.00000306. The summed E-state index contributed by atoms with van der Waals surface area (Å²) >= 11 is 2.60. The zero-order chi connectivity index (χ0) is 22.5. The highest BCUT2D eigenvalue weighted by Crippen LogP contribution is 2.29. The SMILES string of the molecule is C.COc1ccc2nc(C)nc(SCC(=O)c3ccc(C(=O)NC4CC=CC=CC4)s3)c2c1. The van der Waals surface area contributed by atoms with E-state index in [1.165, 1.54) is 23.1 Å². The van der Waals surface area contributed by atoms with Gasteiger partial charge in [0.15, 0.2) is 5.78 Å². The minimum Gasteiger partial charge on any atom is -0.497 e. The van der Waals surface area contributed by atoms with Crippen LogP contribution in [0, 0.1) is 6.92 Å². The lowest BCUT2D eigenvalue weighted by Gasteiger charge is -2.13. The first-order valence-electron chi connectivity index (χ1n) is 10.2. The van der Waals surface area contributed by atoms with Gasteiger partial charge in [0.2, 0.25) is 0 Å². The average Bonchev–Trinajstić information content (AvgIpc) is 3.16. The average molecular weight is 482 g/mol. The minimum atomic E-state index is -0.139. The summed E-state index contributed by atoms with van der Waals surface area (Å²) in [6.45, 7) is 1.83. The number of benzene rings is 1. The van der Waals surface area contributed by atoms with E-state index in [4.69, 9.17) is 4.74 Å². The van der Waals surface area contributed by atoms with Crippen LogP contribution in [0.15, 0.2) is 59.7 Å². The Morgan fingerprint density at radius 2 is 1.85 bits per heavy atom. The fourth-order valence-corrected chi connectivity index (χ4v) is 5.23. The monoisotopic (exact) mass is 481 g/mol. The van der Waals surface area contributed by atoms with Gasteiger partial charge in [0, 0.05) is 11.4 Å². The highest BCUT2D eigenvalue weighted by Gasteiger charge is 2.18. The number of hydrogen-bond donors (Lipinski definition) is 1. The number of nitrogens with one attached hydrogen (secondary N) is 1. The zero-order valence-corrected chi connectivity index (χ0v) is 19.5. The molecular formula is C25H27N3O3S2. The van der Waals surface area contributed by atoms with Gasteiger partial charge in [-0.3, -0.25) is 9.59 Å². The van der Waals surface area contributed by atoms with E-state index in [2.05, 4.69) is 15.3 Å². The molecule has 1 aliphatic rings. The van der Waals surface area contributed by atoms with Gasteiger partial charge in [-0.15, -0.1) is 11.3 Å². The van der Waals surface area contributed by atoms with Crippen LogP contribution in [0.1, 0.15) is 45.4 Å². The quantitative estimate of drug-likeness (QED) is 0.268. The molecular weight excluding hydrogens is 454 g/mol. The molecule has 1 aliphatic carbocycles. The number of thiophene rings is 1. The lowest BCUT2D eigenvalue weighted by atomic mass is 10.1. The number of nitrogens with zero attached hydrogens (tertiary/aromatic N) is 2. The number of carbonyl (C=O) groups is 2. The Morgan fingerprint density at radius 3 is 2.58 bits per heavy atom. The standard InChI is InChI=1S/C24H23N3O3S2.CH4/c1-15-25-19-10-9-17(30-2)13-18(19)24(26-15)31-14-20(28)21-11-12-22(32-21)23(29)27-16-7-5-3-4-6-8-16;/h3-6,9-13,16H,7-8,14H2,1-2H3,(H,27,29);1H4. The summed E-state index contributed by atoms with van der Waals surface area (Å²) in [4.78, 5) is 35.5. The number of Topliss-reactive ketones (excluding diaryl/α,β-unsaturated/α-hetero) is 1. The van der Waals surface area contributed by atoms with Gasteiger partial charge >= 0.3 is 0 Å². The Hall–Kier alpha value is -2.97. The molecule has 4 rings (SSSR count). The topological polar surface area (TPSA) is 81.2 Å². The van der Waals surface area contributed by atoms with Crippen LogP contribution in [-0.2, 0) is 0 Å². The predicted octanol–water partition coefficient (Wildman–Crippen LogP) is 5.62. The Labute approximate surface area is 202 Å². The molecule has 0 spiro atoms. The van der Waals surface area contributed by atoms with Crippen molar-refractivity contribution < 1.29 is 14.3 Å². The van der Waals surface area contributed by atoms with Crippen molar-refractivity contribution in [3.05, 3.63) is 70.2 Å². The van der Waals surface area contributed by atoms with Crippen molar-refractivity contribution >= 4 is 45.7 Å². The van der Waals surface area contributed by atoms with Gasteiger partial charge in [-0.05, 0) is 50.1 Å². The first kappa shape index (κ1) is 24.7. The summed E-state index contributed by atoms with van der Waals surface area (Å²) in [5.41, 5.74) is 0.812. The van der Waals surface area contributed by atoms with Crippen LogP contribution in [0.3, 0.4) is 0 Å². The van der Waals surface area contributed by atoms with Crippen LogP contribution in [0.5, 0.6) is 5.75 Å². The maximum Gasteiger partial charge on any atom is 0.261 e. The smallest absolute Gasteiger partial charge is 0.261 e. The van der Waals surface area contributed by atoms with E-state index in [1.807, 2.05) is 49.4 Å². The van der Waals surface area contributed by atoms with Gasteiger partial charge in [0.05, 0.1) is 28.1 Å². The zero-order valence-electron chi connectivity index (χ0n) is 17.8. The van der Waals surface area contributed by atoms with E-state index >= 15 is 0 Å². The third-order valence-electron chi connectivity index (χ3n) is 4.98. The fraction of sp³-hybridized carbons (Fsp3) is 0.280. The van der Waals surface area contributed by atoms with Gasteiger partial charge in [-0.2, -0.15) is 0 Å². The lowest BCUT2D eigenvalue weighted by molar-refractivity contribution is 0.0941. The molecule has 0 radical (unpaired) electrons. The normalized spacial score (nSPS) is 13.4. The third kappa shape index (κ3) is 6.09. The first-order chi connectivity index (χ1) is 15.5. The molecule has 0 unspecified atom stereocenters. The van der Waals surface area contributed by atoms with E-state index in [0.717, 1.165) is 28.8 Å². The molecule has 3 aromatic rings. The molecule has 0 fully saturated rings. The summed E-state index contributed by atoms with van der Waals surface area (Å²) in [5.74, 6) is 1.41. The minimum absolute atomic E-state index is 0. The number of fused-ring (bicyclic) bond motifs is 1. The maximum absolute atomic E-state index is 12.8. The van der Waals surface area contributed by atoms with Crippen LogP contribution in [-0.4, -0.2) is 40.6 Å². The van der Waals surface area contributed by atoms with E-state index in [-0.39, 0.29) is 30.9 Å². The second-order valence-corrected chi connectivity index (χ2v) is 9.38.